The highest BCUT2D eigenvalue weighted by Crippen LogP contribution is 2.43. The topological polar surface area (TPSA) is 68.3 Å². The number of nitrogens with zero attached hydrogens (tertiary/aromatic N) is 1. The van der Waals surface area contributed by atoms with E-state index in [0.29, 0.717) is 11.3 Å². The molecule has 0 amide bonds. The number of benzene rings is 2. The van der Waals surface area contributed by atoms with Crippen LogP contribution in [0.1, 0.15) is 23.6 Å². The fourth-order valence-corrected chi connectivity index (χ4v) is 4.52. The van der Waals surface area contributed by atoms with Crippen LogP contribution in [0.25, 0.3) is 11.1 Å². The average molecular weight is 394 g/mol. The van der Waals surface area contributed by atoms with Gasteiger partial charge in [0.2, 0.25) is 0 Å². The number of sulfone groups is 1. The van der Waals surface area contributed by atoms with Gasteiger partial charge >= 0.3 is 0 Å². The molecule has 0 fully saturated rings. The van der Waals surface area contributed by atoms with Gasteiger partial charge in [0, 0.05) is 12.6 Å². The summed E-state index contributed by atoms with van der Waals surface area (Å²) in [6.45, 7) is 3.68. The number of anilines is 2. The Kier molecular flexibility index (Phi) is 4.59. The molecular weight excluding hydrogens is 372 g/mol. The van der Waals surface area contributed by atoms with Gasteiger partial charge in [-0.1, -0.05) is 31.2 Å². The Morgan fingerprint density at radius 1 is 1.18 bits per heavy atom. The number of rotatable bonds is 4. The van der Waals surface area contributed by atoms with Crippen LogP contribution in [0, 0.1) is 6.92 Å². The minimum absolute atomic E-state index is 0.0804. The zero-order valence-electron chi connectivity index (χ0n) is 16.1. The summed E-state index contributed by atoms with van der Waals surface area (Å²) >= 11 is 0. The van der Waals surface area contributed by atoms with E-state index in [1.807, 2.05) is 31.3 Å². The van der Waals surface area contributed by atoms with Gasteiger partial charge in [-0.25, -0.2) is 13.4 Å². The Hall–Kier alpha value is -2.86. The highest BCUT2D eigenvalue weighted by molar-refractivity contribution is 7.91. The summed E-state index contributed by atoms with van der Waals surface area (Å²) in [4.78, 5) is 4.85. The Balaban J connectivity index is 1.88. The normalized spacial score (nSPS) is 12.7. The third kappa shape index (κ3) is 3.14. The Morgan fingerprint density at radius 3 is 2.75 bits per heavy atom. The maximum absolute atomic E-state index is 12.3. The van der Waals surface area contributed by atoms with Crippen LogP contribution in [-0.2, 0) is 16.3 Å². The maximum Gasteiger partial charge on any atom is 0.178 e. The van der Waals surface area contributed by atoms with Gasteiger partial charge in [-0.15, -0.1) is 0 Å². The van der Waals surface area contributed by atoms with E-state index in [0.717, 1.165) is 45.1 Å². The zero-order valence-corrected chi connectivity index (χ0v) is 16.9. The molecule has 0 atom stereocenters. The lowest BCUT2D eigenvalue weighted by Gasteiger charge is -2.25. The van der Waals surface area contributed by atoms with Gasteiger partial charge < -0.3 is 10.1 Å². The van der Waals surface area contributed by atoms with E-state index < -0.39 is 9.84 Å². The minimum Gasteiger partial charge on any atom is -0.495 e. The van der Waals surface area contributed by atoms with E-state index in [2.05, 4.69) is 16.4 Å². The van der Waals surface area contributed by atoms with Crippen molar-refractivity contribution in [2.24, 2.45) is 0 Å². The largest absolute Gasteiger partial charge is 0.495 e. The number of pyridine rings is 1. The third-order valence-electron chi connectivity index (χ3n) is 5.09. The first-order valence-corrected chi connectivity index (χ1v) is 10.8. The van der Waals surface area contributed by atoms with Crippen LogP contribution in [0.5, 0.6) is 5.75 Å². The van der Waals surface area contributed by atoms with Crippen molar-refractivity contribution in [2.45, 2.75) is 25.2 Å². The number of nitrogens with one attached hydrogen (secondary N) is 1. The summed E-state index contributed by atoms with van der Waals surface area (Å²) in [5, 5.41) is 3.40. The summed E-state index contributed by atoms with van der Waals surface area (Å²) in [6.07, 6.45) is 2.54. The van der Waals surface area contributed by atoms with Gasteiger partial charge in [0.15, 0.2) is 9.84 Å². The molecule has 0 aliphatic carbocycles. The van der Waals surface area contributed by atoms with Crippen LogP contribution in [0.2, 0.25) is 0 Å². The van der Waals surface area contributed by atoms with Gasteiger partial charge in [0.05, 0.1) is 23.4 Å². The smallest absolute Gasteiger partial charge is 0.178 e. The molecule has 5 nitrogen and oxygen atoms in total. The molecule has 1 N–H and O–H groups in total. The van der Waals surface area contributed by atoms with E-state index in [4.69, 9.17) is 4.74 Å². The van der Waals surface area contributed by atoms with E-state index in [1.165, 1.54) is 0 Å². The Labute approximate surface area is 165 Å². The van der Waals surface area contributed by atoms with Gasteiger partial charge in [-0.3, -0.25) is 0 Å². The monoisotopic (exact) mass is 394 g/mol. The van der Waals surface area contributed by atoms with Crippen LogP contribution in [0.15, 0.2) is 53.6 Å². The summed E-state index contributed by atoms with van der Waals surface area (Å²) in [6, 6.07) is 13.2. The number of hydrogen-bond acceptors (Lipinski definition) is 5. The summed E-state index contributed by atoms with van der Waals surface area (Å²) in [5.74, 6) is 1.65. The second-order valence-electron chi connectivity index (χ2n) is 6.92. The summed E-state index contributed by atoms with van der Waals surface area (Å²) in [5.41, 5.74) is 6.03. The molecule has 0 bridgehead atoms. The molecule has 0 unspecified atom stereocenters. The molecule has 3 aromatic rings. The van der Waals surface area contributed by atoms with Gasteiger partial charge in [-0.05, 0) is 52.9 Å². The number of fused-ring (bicyclic) bond motifs is 2. The van der Waals surface area contributed by atoms with Crippen molar-refractivity contribution in [3.63, 3.8) is 0 Å². The molecule has 1 aliphatic rings. The molecule has 144 valence electrons. The van der Waals surface area contributed by atoms with Gasteiger partial charge in [0.1, 0.15) is 11.6 Å². The predicted octanol–water partition coefficient (Wildman–Crippen LogP) is 4.51. The SMILES string of the molecule is CCS(=O)(=O)c1cccc(-c2ccc(OC)c3c2Cc2cc(C)cnc2N3)c1. The molecular formula is C22H22N2O3S. The number of methoxy groups -OCH3 is 1. The molecule has 28 heavy (non-hydrogen) atoms. The molecule has 2 heterocycles. The van der Waals surface area contributed by atoms with Gasteiger partial charge in [-0.2, -0.15) is 0 Å². The van der Waals surface area contributed by atoms with Crippen molar-refractivity contribution in [3.8, 4) is 16.9 Å². The van der Waals surface area contributed by atoms with Crippen LogP contribution in [-0.4, -0.2) is 26.3 Å². The van der Waals surface area contributed by atoms with Crippen molar-refractivity contribution in [3.05, 3.63) is 65.4 Å². The van der Waals surface area contributed by atoms with Crippen molar-refractivity contribution < 1.29 is 13.2 Å². The van der Waals surface area contributed by atoms with E-state index in [9.17, 15) is 8.42 Å². The van der Waals surface area contributed by atoms with Crippen LogP contribution < -0.4 is 10.1 Å². The second kappa shape index (κ2) is 6.95. The first kappa shape index (κ1) is 18.5. The van der Waals surface area contributed by atoms with E-state index >= 15 is 0 Å². The average Bonchev–Trinajstić information content (AvgIpc) is 2.71. The lowest BCUT2D eigenvalue weighted by Crippen LogP contribution is -2.11. The summed E-state index contributed by atoms with van der Waals surface area (Å²) < 4.78 is 30.2. The molecule has 0 radical (unpaired) electrons. The fraction of sp³-hybridized carbons (Fsp3) is 0.227. The second-order valence-corrected chi connectivity index (χ2v) is 9.20. The number of aryl methyl sites for hydroxylation is 1. The third-order valence-corrected chi connectivity index (χ3v) is 6.83. The van der Waals surface area contributed by atoms with Crippen molar-refractivity contribution >= 4 is 21.3 Å². The maximum atomic E-state index is 12.3. The Morgan fingerprint density at radius 2 is 2.00 bits per heavy atom. The number of aromatic nitrogens is 1. The minimum atomic E-state index is -3.27. The fourth-order valence-electron chi connectivity index (χ4n) is 3.60. The lowest BCUT2D eigenvalue weighted by atomic mass is 9.90. The van der Waals surface area contributed by atoms with Crippen LogP contribution in [0.3, 0.4) is 0 Å². The zero-order chi connectivity index (χ0) is 19.9. The number of hydrogen-bond donors (Lipinski definition) is 1. The van der Waals surface area contributed by atoms with Crippen LogP contribution >= 0.6 is 0 Å². The predicted molar refractivity (Wildman–Crippen MR) is 111 cm³/mol. The lowest BCUT2D eigenvalue weighted by molar-refractivity contribution is 0.416. The number of ether oxygens (including phenoxy) is 1. The van der Waals surface area contributed by atoms with Gasteiger partial charge in [0.25, 0.3) is 0 Å². The molecule has 1 aromatic heterocycles. The highest BCUT2D eigenvalue weighted by atomic mass is 32.2. The Bertz CT molecular complexity index is 1170. The van der Waals surface area contributed by atoms with Crippen molar-refractivity contribution in [1.29, 1.82) is 0 Å². The van der Waals surface area contributed by atoms with Crippen molar-refractivity contribution in [2.75, 3.05) is 18.2 Å². The molecule has 0 saturated carbocycles. The molecule has 6 heteroatoms. The standard InChI is InChI=1S/C22H22N2O3S/c1-4-28(25,26)17-7-5-6-15(11-17)18-8-9-20(27-3)21-19(18)12-16-10-14(2)13-23-22(16)24-21/h5-11,13H,4,12H2,1-3H3,(H,23,24). The summed E-state index contributed by atoms with van der Waals surface area (Å²) in [7, 11) is -1.63. The molecule has 1 aliphatic heterocycles. The molecule has 0 spiro atoms. The van der Waals surface area contributed by atoms with E-state index in [-0.39, 0.29) is 5.75 Å². The molecule has 0 saturated heterocycles. The van der Waals surface area contributed by atoms with Crippen LogP contribution in [0.4, 0.5) is 11.5 Å². The highest BCUT2D eigenvalue weighted by Gasteiger charge is 2.23. The quantitative estimate of drug-likeness (QED) is 0.552. The molecule has 2 aromatic carbocycles. The first-order chi connectivity index (χ1) is 13.4. The molecule has 4 rings (SSSR count). The first-order valence-electron chi connectivity index (χ1n) is 9.18. The van der Waals surface area contributed by atoms with Crippen molar-refractivity contribution in [1.82, 2.24) is 4.98 Å². The van der Waals surface area contributed by atoms with E-state index in [1.54, 1.807) is 32.2 Å².